The minimum Gasteiger partial charge on any atom is -0.481 e. The molecule has 100 valence electrons. The number of ether oxygens (including phenoxy) is 1. The smallest absolute Gasteiger partial charge is 0.348 e. The maximum Gasteiger partial charge on any atom is 0.348 e. The number of methoxy groups -OCH3 is 1. The van der Waals surface area contributed by atoms with Gasteiger partial charge in [-0.15, -0.1) is 0 Å². The molecule has 2 rings (SSSR count). The van der Waals surface area contributed by atoms with E-state index in [-0.39, 0.29) is 18.4 Å². The second kappa shape index (κ2) is 5.34. The lowest BCUT2D eigenvalue weighted by Gasteiger charge is -2.08. The number of anilines is 1. The van der Waals surface area contributed by atoms with E-state index in [1.54, 1.807) is 24.1 Å². The molecular formula is C11H13N5O3. The number of hydrogen-bond donors (Lipinski definition) is 2. The summed E-state index contributed by atoms with van der Waals surface area (Å²) in [6, 6.07) is 2.67. The fraction of sp³-hybridized carbons (Fsp3) is 0.273. The van der Waals surface area contributed by atoms with Crippen molar-refractivity contribution in [3.8, 4) is 5.88 Å². The first-order valence-electron chi connectivity index (χ1n) is 5.49. The van der Waals surface area contributed by atoms with Crippen molar-refractivity contribution in [1.29, 1.82) is 0 Å². The van der Waals surface area contributed by atoms with Crippen molar-refractivity contribution >= 4 is 23.6 Å². The minimum absolute atomic E-state index is 0.191. The molecule has 1 aromatic rings. The Hall–Kier alpha value is -2.64. The van der Waals surface area contributed by atoms with Gasteiger partial charge in [0.1, 0.15) is 0 Å². The van der Waals surface area contributed by atoms with Gasteiger partial charge in [0.15, 0.2) is 0 Å². The summed E-state index contributed by atoms with van der Waals surface area (Å²) in [7, 11) is 3.17. The molecule has 19 heavy (non-hydrogen) atoms. The molecule has 1 fully saturated rings. The van der Waals surface area contributed by atoms with E-state index in [2.05, 4.69) is 20.6 Å². The molecule has 0 spiro atoms. The van der Waals surface area contributed by atoms with Crippen molar-refractivity contribution in [2.45, 2.75) is 0 Å². The Bertz CT molecular complexity index is 526. The number of urea groups is 1. The summed E-state index contributed by atoms with van der Waals surface area (Å²) in [5.41, 5.74) is 0.488. The number of aromatic nitrogens is 1. The minimum atomic E-state index is -0.587. The first kappa shape index (κ1) is 12.8. The average molecular weight is 263 g/mol. The predicted molar refractivity (Wildman–Crippen MR) is 68.0 cm³/mol. The van der Waals surface area contributed by atoms with E-state index in [9.17, 15) is 9.59 Å². The number of likely N-dealkylation sites (N-methyl/N-ethyl adjacent to an activating group) is 1. The van der Waals surface area contributed by atoms with Crippen molar-refractivity contribution in [3.63, 3.8) is 0 Å². The normalized spacial score (nSPS) is 16.4. The van der Waals surface area contributed by atoms with E-state index in [4.69, 9.17) is 4.74 Å². The van der Waals surface area contributed by atoms with Crippen LogP contribution >= 0.6 is 0 Å². The van der Waals surface area contributed by atoms with E-state index >= 15 is 0 Å². The molecule has 0 unspecified atom stereocenters. The van der Waals surface area contributed by atoms with Crippen LogP contribution in [0.1, 0.15) is 0 Å². The molecule has 8 heteroatoms. The summed E-state index contributed by atoms with van der Waals surface area (Å²) >= 11 is 0. The monoisotopic (exact) mass is 263 g/mol. The fourth-order valence-electron chi connectivity index (χ4n) is 1.49. The van der Waals surface area contributed by atoms with Crippen LogP contribution in [0, 0.1) is 0 Å². The molecule has 0 aromatic carbocycles. The van der Waals surface area contributed by atoms with Gasteiger partial charge in [-0.05, 0) is 6.07 Å². The SMILES string of the molecule is COc1ccc(NC(=O)N=C2NC(=O)CN2C)cn1. The van der Waals surface area contributed by atoms with Crippen molar-refractivity contribution in [1.82, 2.24) is 15.2 Å². The summed E-state index contributed by atoms with van der Waals surface area (Å²) in [5, 5.41) is 5.01. The number of rotatable bonds is 2. The van der Waals surface area contributed by atoms with Gasteiger partial charge in [0.25, 0.3) is 0 Å². The Labute approximate surface area is 109 Å². The standard InChI is InChI=1S/C11H13N5O3/c1-16-6-8(17)14-10(16)15-11(18)13-7-3-4-9(19-2)12-5-7/h3-5H,6H2,1-2H3,(H2,13,14,15,17,18). The van der Waals surface area contributed by atoms with Crippen LogP contribution in [-0.2, 0) is 4.79 Å². The molecule has 1 saturated heterocycles. The number of hydrogen-bond acceptors (Lipinski definition) is 4. The second-order valence-electron chi connectivity index (χ2n) is 3.86. The molecule has 2 N–H and O–H groups in total. The van der Waals surface area contributed by atoms with Gasteiger partial charge in [0.2, 0.25) is 17.7 Å². The molecule has 0 aliphatic carbocycles. The highest BCUT2D eigenvalue weighted by Gasteiger charge is 2.22. The molecule has 8 nitrogen and oxygen atoms in total. The summed E-state index contributed by atoms with van der Waals surface area (Å²) in [4.78, 5) is 32.0. The Morgan fingerprint density at radius 2 is 2.37 bits per heavy atom. The largest absolute Gasteiger partial charge is 0.481 e. The van der Waals surface area contributed by atoms with Gasteiger partial charge in [-0.1, -0.05) is 0 Å². The van der Waals surface area contributed by atoms with E-state index < -0.39 is 6.03 Å². The molecule has 2 heterocycles. The van der Waals surface area contributed by atoms with Crippen molar-refractivity contribution in [3.05, 3.63) is 18.3 Å². The highest BCUT2D eigenvalue weighted by Crippen LogP contribution is 2.11. The van der Waals surface area contributed by atoms with Gasteiger partial charge in [-0.25, -0.2) is 9.78 Å². The van der Waals surface area contributed by atoms with Crippen LogP contribution in [0.3, 0.4) is 0 Å². The zero-order valence-electron chi connectivity index (χ0n) is 10.5. The van der Waals surface area contributed by atoms with Crippen LogP contribution in [-0.4, -0.2) is 48.5 Å². The number of aliphatic imine (C=N–C) groups is 1. The number of carbonyl (C=O) groups excluding carboxylic acids is 2. The zero-order valence-corrected chi connectivity index (χ0v) is 10.5. The molecule has 3 amide bonds. The zero-order chi connectivity index (χ0) is 13.8. The number of guanidine groups is 1. The number of nitrogens with zero attached hydrogens (tertiary/aromatic N) is 3. The van der Waals surface area contributed by atoms with E-state index in [1.165, 1.54) is 13.3 Å². The Balaban J connectivity index is 2.01. The number of carbonyl (C=O) groups is 2. The summed E-state index contributed by atoms with van der Waals surface area (Å²) in [6.45, 7) is 0.191. The van der Waals surface area contributed by atoms with Gasteiger partial charge in [-0.3, -0.25) is 10.1 Å². The Morgan fingerprint density at radius 1 is 1.58 bits per heavy atom. The van der Waals surface area contributed by atoms with Gasteiger partial charge in [0, 0.05) is 13.1 Å². The molecular weight excluding hydrogens is 250 g/mol. The average Bonchev–Trinajstić information content (AvgIpc) is 2.68. The van der Waals surface area contributed by atoms with E-state index in [0.717, 1.165) is 0 Å². The molecule has 1 aliphatic heterocycles. The molecule has 1 aliphatic rings. The van der Waals surface area contributed by atoms with E-state index in [1.807, 2.05) is 0 Å². The number of pyridine rings is 1. The number of nitrogens with one attached hydrogen (secondary N) is 2. The van der Waals surface area contributed by atoms with Gasteiger partial charge in [-0.2, -0.15) is 4.99 Å². The highest BCUT2D eigenvalue weighted by molar-refractivity contribution is 6.09. The lowest BCUT2D eigenvalue weighted by atomic mass is 10.4. The Morgan fingerprint density at radius 3 is 2.89 bits per heavy atom. The molecule has 0 saturated carbocycles. The molecule has 0 bridgehead atoms. The molecule has 0 atom stereocenters. The lowest BCUT2D eigenvalue weighted by molar-refractivity contribution is -0.118. The third kappa shape index (κ3) is 3.18. The lowest BCUT2D eigenvalue weighted by Crippen LogP contribution is -2.29. The van der Waals surface area contributed by atoms with Crippen LogP contribution in [0.15, 0.2) is 23.3 Å². The highest BCUT2D eigenvalue weighted by atomic mass is 16.5. The predicted octanol–water partition coefficient (Wildman–Crippen LogP) is 0.0397. The first-order valence-corrected chi connectivity index (χ1v) is 5.49. The molecule has 0 radical (unpaired) electrons. The van der Waals surface area contributed by atoms with Gasteiger partial charge in [0.05, 0.1) is 25.5 Å². The topological polar surface area (TPSA) is 95.9 Å². The third-order valence-corrected chi connectivity index (χ3v) is 2.40. The summed E-state index contributed by atoms with van der Waals surface area (Å²) in [5.74, 6) is 0.483. The molecule has 1 aromatic heterocycles. The Kier molecular flexibility index (Phi) is 3.60. The third-order valence-electron chi connectivity index (χ3n) is 2.40. The van der Waals surface area contributed by atoms with Crippen LogP contribution in [0.25, 0.3) is 0 Å². The van der Waals surface area contributed by atoms with Gasteiger partial charge < -0.3 is 15.0 Å². The first-order chi connectivity index (χ1) is 9.08. The van der Waals surface area contributed by atoms with Crippen LogP contribution in [0.2, 0.25) is 0 Å². The maximum atomic E-state index is 11.6. The van der Waals surface area contributed by atoms with Crippen LogP contribution < -0.4 is 15.4 Å². The number of amides is 3. The van der Waals surface area contributed by atoms with Gasteiger partial charge >= 0.3 is 6.03 Å². The maximum absolute atomic E-state index is 11.6. The van der Waals surface area contributed by atoms with E-state index in [0.29, 0.717) is 11.6 Å². The quantitative estimate of drug-likeness (QED) is 0.785. The summed E-state index contributed by atoms with van der Waals surface area (Å²) < 4.78 is 4.90. The van der Waals surface area contributed by atoms with Crippen LogP contribution in [0.5, 0.6) is 5.88 Å². The van der Waals surface area contributed by atoms with Crippen molar-refractivity contribution in [2.75, 3.05) is 26.0 Å². The fourth-order valence-corrected chi connectivity index (χ4v) is 1.49. The van der Waals surface area contributed by atoms with Crippen molar-refractivity contribution in [2.24, 2.45) is 4.99 Å². The van der Waals surface area contributed by atoms with Crippen molar-refractivity contribution < 1.29 is 14.3 Å². The summed E-state index contributed by atoms with van der Waals surface area (Å²) in [6.07, 6.45) is 1.45. The van der Waals surface area contributed by atoms with Crippen LogP contribution in [0.4, 0.5) is 10.5 Å². The second-order valence-corrected chi connectivity index (χ2v) is 3.86.